The van der Waals surface area contributed by atoms with Gasteiger partial charge in [-0.1, -0.05) is 39.0 Å². The zero-order valence-electron chi connectivity index (χ0n) is 21.3. The summed E-state index contributed by atoms with van der Waals surface area (Å²) in [6.45, 7) is 8.84. The number of hydrogen-bond acceptors (Lipinski definition) is 5. The van der Waals surface area contributed by atoms with E-state index >= 15 is 0 Å². The lowest BCUT2D eigenvalue weighted by atomic mass is 10.0. The van der Waals surface area contributed by atoms with Crippen LogP contribution in [0.2, 0.25) is 0 Å². The fourth-order valence-corrected chi connectivity index (χ4v) is 6.22. The summed E-state index contributed by atoms with van der Waals surface area (Å²) in [7, 11) is -3.92. The minimum absolute atomic E-state index is 0.0254. The van der Waals surface area contributed by atoms with Crippen molar-refractivity contribution >= 4 is 33.2 Å². The first-order valence-corrected chi connectivity index (χ1v) is 14.2. The Morgan fingerprint density at radius 2 is 1.67 bits per heavy atom. The number of amides is 2. The van der Waals surface area contributed by atoms with E-state index in [2.05, 4.69) is 21.8 Å². The molecule has 2 aliphatic heterocycles. The molecular formula is C27H36N4O4S. The van der Waals surface area contributed by atoms with Crippen LogP contribution in [0.1, 0.15) is 39.2 Å². The van der Waals surface area contributed by atoms with E-state index in [1.165, 1.54) is 6.07 Å². The molecule has 36 heavy (non-hydrogen) atoms. The molecule has 0 unspecified atom stereocenters. The number of nitrogens with zero attached hydrogens (tertiary/aromatic N) is 3. The zero-order chi connectivity index (χ0) is 25.9. The first-order chi connectivity index (χ1) is 17.2. The number of anilines is 2. The highest BCUT2D eigenvalue weighted by molar-refractivity contribution is 7.89. The molecule has 1 atom stereocenters. The number of piperazine rings is 1. The van der Waals surface area contributed by atoms with Gasteiger partial charge in [-0.3, -0.25) is 9.59 Å². The van der Waals surface area contributed by atoms with E-state index in [4.69, 9.17) is 0 Å². The van der Waals surface area contributed by atoms with Crippen LogP contribution < -0.4 is 14.5 Å². The van der Waals surface area contributed by atoms with Crippen LogP contribution in [0.25, 0.3) is 0 Å². The molecule has 1 saturated heterocycles. The van der Waals surface area contributed by atoms with Crippen LogP contribution in [0.15, 0.2) is 53.4 Å². The van der Waals surface area contributed by atoms with Crippen molar-refractivity contribution in [2.24, 2.45) is 5.92 Å². The van der Waals surface area contributed by atoms with Crippen LogP contribution in [-0.2, 0) is 26.0 Å². The molecule has 0 aromatic heterocycles. The van der Waals surface area contributed by atoms with Gasteiger partial charge in [-0.05, 0) is 54.7 Å². The van der Waals surface area contributed by atoms with E-state index < -0.39 is 16.1 Å². The third kappa shape index (κ3) is 5.73. The number of para-hydroxylation sites is 1. The Bertz CT molecular complexity index is 1190. The zero-order valence-corrected chi connectivity index (χ0v) is 22.1. The maximum atomic E-state index is 13.5. The van der Waals surface area contributed by atoms with Gasteiger partial charge in [0.2, 0.25) is 21.8 Å². The lowest BCUT2D eigenvalue weighted by Gasteiger charge is -2.38. The van der Waals surface area contributed by atoms with Crippen LogP contribution in [-0.4, -0.2) is 63.9 Å². The third-order valence-electron chi connectivity index (χ3n) is 6.88. The van der Waals surface area contributed by atoms with Crippen molar-refractivity contribution in [1.82, 2.24) is 9.62 Å². The van der Waals surface area contributed by atoms with Crippen molar-refractivity contribution in [2.75, 3.05) is 42.5 Å². The Kier molecular flexibility index (Phi) is 8.00. The van der Waals surface area contributed by atoms with Crippen molar-refractivity contribution in [3.63, 3.8) is 0 Å². The highest BCUT2D eigenvalue weighted by atomic mass is 32.2. The molecule has 2 heterocycles. The van der Waals surface area contributed by atoms with E-state index in [1.807, 2.05) is 39.0 Å². The van der Waals surface area contributed by atoms with E-state index in [-0.39, 0.29) is 22.6 Å². The van der Waals surface area contributed by atoms with E-state index in [0.29, 0.717) is 52.0 Å². The fourth-order valence-electron chi connectivity index (χ4n) is 4.97. The number of sulfonamides is 1. The molecule has 0 radical (unpaired) electrons. The number of rotatable bonds is 8. The van der Waals surface area contributed by atoms with Gasteiger partial charge in [-0.25, -0.2) is 8.42 Å². The summed E-state index contributed by atoms with van der Waals surface area (Å²) in [5.74, 6) is -0.0146. The summed E-state index contributed by atoms with van der Waals surface area (Å²) in [4.78, 5) is 31.5. The molecule has 194 valence electrons. The van der Waals surface area contributed by atoms with Crippen LogP contribution in [0.3, 0.4) is 0 Å². The van der Waals surface area contributed by atoms with Gasteiger partial charge in [0.25, 0.3) is 0 Å². The summed E-state index contributed by atoms with van der Waals surface area (Å²) >= 11 is 0. The molecule has 1 N–H and O–H groups in total. The smallest absolute Gasteiger partial charge is 0.241 e. The molecule has 9 heteroatoms. The number of fused-ring (bicyclic) bond motifs is 1. The van der Waals surface area contributed by atoms with Gasteiger partial charge in [0.05, 0.1) is 4.90 Å². The molecule has 4 rings (SSSR count). The van der Waals surface area contributed by atoms with Crippen molar-refractivity contribution in [1.29, 1.82) is 0 Å². The predicted octanol–water partition coefficient (Wildman–Crippen LogP) is 3.03. The van der Waals surface area contributed by atoms with Crippen LogP contribution in [0.4, 0.5) is 11.4 Å². The average Bonchev–Trinajstić information content (AvgIpc) is 3.31. The second kappa shape index (κ2) is 11.0. The number of benzene rings is 2. The SMILES string of the molecule is CCC(=O)N1CCc2cc(S(=O)(=O)N[C@@H](CC(C)C)C(=O)N3CCN(c4ccccc4)CC3)ccc21. The van der Waals surface area contributed by atoms with Crippen LogP contribution >= 0.6 is 0 Å². The molecule has 0 aliphatic carbocycles. The van der Waals surface area contributed by atoms with Gasteiger partial charge >= 0.3 is 0 Å². The highest BCUT2D eigenvalue weighted by Gasteiger charge is 2.33. The maximum Gasteiger partial charge on any atom is 0.241 e. The van der Waals surface area contributed by atoms with Crippen molar-refractivity contribution in [3.05, 3.63) is 54.1 Å². The first-order valence-electron chi connectivity index (χ1n) is 12.7. The predicted molar refractivity (Wildman–Crippen MR) is 142 cm³/mol. The van der Waals surface area contributed by atoms with Crippen LogP contribution in [0.5, 0.6) is 0 Å². The topological polar surface area (TPSA) is 90.0 Å². The summed E-state index contributed by atoms with van der Waals surface area (Å²) < 4.78 is 29.4. The minimum Gasteiger partial charge on any atom is -0.368 e. The second-order valence-electron chi connectivity index (χ2n) is 9.89. The van der Waals surface area contributed by atoms with Gasteiger partial charge in [0, 0.05) is 50.5 Å². The Labute approximate surface area is 214 Å². The number of carbonyl (C=O) groups is 2. The van der Waals surface area contributed by atoms with Gasteiger partial charge in [-0.2, -0.15) is 4.72 Å². The van der Waals surface area contributed by atoms with E-state index in [0.717, 1.165) is 16.9 Å². The summed E-state index contributed by atoms with van der Waals surface area (Å²) in [5.41, 5.74) is 2.73. The number of carbonyl (C=O) groups excluding carboxylic acids is 2. The summed E-state index contributed by atoms with van der Waals surface area (Å²) in [6, 6.07) is 14.1. The quantitative estimate of drug-likeness (QED) is 0.587. The lowest BCUT2D eigenvalue weighted by molar-refractivity contribution is -0.133. The largest absolute Gasteiger partial charge is 0.368 e. The molecule has 2 amide bonds. The number of hydrogen-bond donors (Lipinski definition) is 1. The molecule has 2 aromatic rings. The fraction of sp³-hybridized carbons (Fsp3) is 0.481. The molecule has 0 saturated carbocycles. The molecule has 0 bridgehead atoms. The Hall–Kier alpha value is -2.91. The molecule has 2 aliphatic rings. The lowest BCUT2D eigenvalue weighted by Crippen LogP contribution is -2.55. The maximum absolute atomic E-state index is 13.5. The normalized spacial score (nSPS) is 16.8. The van der Waals surface area contributed by atoms with Gasteiger partial charge in [0.1, 0.15) is 6.04 Å². The number of nitrogens with one attached hydrogen (secondary N) is 1. The Morgan fingerprint density at radius 1 is 0.972 bits per heavy atom. The molecular weight excluding hydrogens is 476 g/mol. The minimum atomic E-state index is -3.92. The standard InChI is InChI=1S/C27H36N4O4S/c1-4-26(32)31-13-12-21-19-23(10-11-25(21)31)36(34,35)28-24(18-20(2)3)27(33)30-16-14-29(15-17-30)22-8-6-5-7-9-22/h5-11,19-20,24,28H,4,12-18H2,1-3H3/t24-/m0/s1. The van der Waals surface area contributed by atoms with Crippen LogP contribution in [0, 0.1) is 5.92 Å². The molecule has 1 fully saturated rings. The van der Waals surface area contributed by atoms with Crippen molar-refractivity contribution in [3.8, 4) is 0 Å². The van der Waals surface area contributed by atoms with Gasteiger partial charge in [-0.15, -0.1) is 0 Å². The highest BCUT2D eigenvalue weighted by Crippen LogP contribution is 2.31. The Balaban J connectivity index is 1.47. The second-order valence-corrected chi connectivity index (χ2v) is 11.6. The average molecular weight is 513 g/mol. The molecule has 0 spiro atoms. The van der Waals surface area contributed by atoms with Gasteiger partial charge in [0.15, 0.2) is 0 Å². The first kappa shape index (κ1) is 26.2. The van der Waals surface area contributed by atoms with Gasteiger partial charge < -0.3 is 14.7 Å². The van der Waals surface area contributed by atoms with Crippen molar-refractivity contribution < 1.29 is 18.0 Å². The van der Waals surface area contributed by atoms with E-state index in [9.17, 15) is 18.0 Å². The summed E-state index contributed by atoms with van der Waals surface area (Å²) in [6.07, 6.45) is 1.44. The monoisotopic (exact) mass is 512 g/mol. The third-order valence-corrected chi connectivity index (χ3v) is 8.34. The van der Waals surface area contributed by atoms with Crippen molar-refractivity contribution in [2.45, 2.75) is 51.0 Å². The summed E-state index contributed by atoms with van der Waals surface area (Å²) in [5, 5.41) is 0. The molecule has 2 aromatic carbocycles. The van der Waals surface area contributed by atoms with E-state index in [1.54, 1.807) is 21.9 Å². The Morgan fingerprint density at radius 3 is 2.31 bits per heavy atom. The molecule has 8 nitrogen and oxygen atoms in total.